The third-order valence-electron chi connectivity index (χ3n) is 2.25. The summed E-state index contributed by atoms with van der Waals surface area (Å²) in [5, 5.41) is 12.2. The van der Waals surface area contributed by atoms with Crippen LogP contribution in [0.25, 0.3) is 0 Å². The lowest BCUT2D eigenvalue weighted by Gasteiger charge is -2.18. The van der Waals surface area contributed by atoms with Gasteiger partial charge in [0.1, 0.15) is 6.04 Å². The highest BCUT2D eigenvalue weighted by Gasteiger charge is 2.23. The van der Waals surface area contributed by atoms with Gasteiger partial charge in [0.15, 0.2) is 0 Å². The van der Waals surface area contributed by atoms with E-state index in [4.69, 9.17) is 0 Å². The van der Waals surface area contributed by atoms with Gasteiger partial charge in [-0.2, -0.15) is 0 Å². The summed E-state index contributed by atoms with van der Waals surface area (Å²) in [6.45, 7) is 6.70. The highest BCUT2D eigenvalue weighted by atomic mass is 16.4. The minimum atomic E-state index is -0.869. The third kappa shape index (κ3) is 3.06. The molecule has 0 saturated heterocycles. The summed E-state index contributed by atoms with van der Waals surface area (Å²) in [6, 6.07) is -0.569. The van der Waals surface area contributed by atoms with E-state index >= 15 is 0 Å². The van der Waals surface area contributed by atoms with Crippen LogP contribution in [0.4, 0.5) is 0 Å². The van der Waals surface area contributed by atoms with Crippen molar-refractivity contribution in [2.24, 2.45) is 0 Å². The minimum absolute atomic E-state index is 0.117. The van der Waals surface area contributed by atoms with Crippen LogP contribution in [0.1, 0.15) is 38.9 Å². The molecular weight excluding hydrogens is 206 g/mol. The van der Waals surface area contributed by atoms with Crippen LogP contribution in [-0.2, 0) is 11.3 Å². The zero-order valence-electron chi connectivity index (χ0n) is 9.97. The molecule has 0 saturated carbocycles. The first-order valence-electron chi connectivity index (χ1n) is 5.55. The van der Waals surface area contributed by atoms with Crippen molar-refractivity contribution in [3.8, 4) is 0 Å². The first-order chi connectivity index (χ1) is 7.56. The molecule has 0 spiro atoms. The summed E-state index contributed by atoms with van der Waals surface area (Å²) in [6.07, 6.45) is 4.25. The molecule has 0 aliphatic carbocycles. The second-order valence-electron chi connectivity index (χ2n) is 4.10. The van der Waals surface area contributed by atoms with Crippen molar-refractivity contribution in [2.75, 3.05) is 0 Å². The lowest BCUT2D eigenvalue weighted by atomic mass is 10.2. The van der Waals surface area contributed by atoms with E-state index in [1.54, 1.807) is 12.5 Å². The van der Waals surface area contributed by atoms with E-state index in [2.05, 4.69) is 17.2 Å². The fourth-order valence-electron chi connectivity index (χ4n) is 1.62. The molecule has 1 rings (SSSR count). The fraction of sp³-hybridized carbons (Fsp3) is 0.636. The van der Waals surface area contributed by atoms with Crippen LogP contribution in [0.5, 0.6) is 0 Å². The van der Waals surface area contributed by atoms with Gasteiger partial charge in [0, 0.05) is 12.6 Å². The lowest BCUT2D eigenvalue weighted by molar-refractivity contribution is -0.140. The van der Waals surface area contributed by atoms with Gasteiger partial charge in [0.2, 0.25) is 0 Å². The Morgan fingerprint density at radius 1 is 1.62 bits per heavy atom. The number of carboxylic acids is 1. The first-order valence-corrected chi connectivity index (χ1v) is 5.55. The number of hydrogen-bond acceptors (Lipinski definition) is 3. The molecule has 1 heterocycles. The van der Waals surface area contributed by atoms with Gasteiger partial charge in [-0.05, 0) is 20.3 Å². The zero-order valence-corrected chi connectivity index (χ0v) is 9.97. The molecule has 2 N–H and O–H groups in total. The van der Waals surface area contributed by atoms with Crippen molar-refractivity contribution >= 4 is 5.97 Å². The van der Waals surface area contributed by atoms with Crippen molar-refractivity contribution in [1.29, 1.82) is 0 Å². The number of aliphatic carboxylic acids is 1. The van der Waals surface area contributed by atoms with Gasteiger partial charge in [-0.1, -0.05) is 6.92 Å². The Morgan fingerprint density at radius 3 is 2.81 bits per heavy atom. The van der Waals surface area contributed by atoms with Crippen LogP contribution >= 0.6 is 0 Å². The van der Waals surface area contributed by atoms with E-state index < -0.39 is 12.0 Å². The average molecular weight is 225 g/mol. The Balaban J connectivity index is 2.91. The number of hydrogen-bond donors (Lipinski definition) is 2. The number of carboxylic acid groups (broad SMARTS) is 1. The van der Waals surface area contributed by atoms with Crippen molar-refractivity contribution in [3.05, 3.63) is 18.2 Å². The predicted molar refractivity (Wildman–Crippen MR) is 61.2 cm³/mol. The van der Waals surface area contributed by atoms with Gasteiger partial charge in [-0.15, -0.1) is 0 Å². The molecule has 5 nitrogen and oxygen atoms in total. The van der Waals surface area contributed by atoms with E-state index in [0.29, 0.717) is 5.69 Å². The summed E-state index contributed by atoms with van der Waals surface area (Å²) in [7, 11) is 0. The normalized spacial score (nSPS) is 13.0. The molecule has 0 fully saturated rings. The number of nitrogens with zero attached hydrogens (tertiary/aromatic N) is 2. The maximum absolute atomic E-state index is 11.2. The van der Waals surface area contributed by atoms with Gasteiger partial charge in [0.25, 0.3) is 0 Å². The third-order valence-corrected chi connectivity index (χ3v) is 2.25. The second kappa shape index (κ2) is 5.65. The number of imidazole rings is 1. The summed E-state index contributed by atoms with van der Waals surface area (Å²) in [4.78, 5) is 15.2. The largest absolute Gasteiger partial charge is 0.480 e. The molecular formula is C11H19N3O2. The molecule has 1 aromatic rings. The van der Waals surface area contributed by atoms with E-state index in [1.165, 1.54) is 0 Å². The number of carbonyl (C=O) groups is 1. The molecule has 5 heteroatoms. The maximum Gasteiger partial charge on any atom is 0.326 e. The van der Waals surface area contributed by atoms with Crippen LogP contribution in [0.2, 0.25) is 0 Å². The zero-order chi connectivity index (χ0) is 12.1. The first kappa shape index (κ1) is 12.7. The van der Waals surface area contributed by atoms with Crippen molar-refractivity contribution < 1.29 is 9.90 Å². The highest BCUT2D eigenvalue weighted by Crippen LogP contribution is 2.14. The van der Waals surface area contributed by atoms with Crippen LogP contribution in [-0.4, -0.2) is 26.7 Å². The molecule has 16 heavy (non-hydrogen) atoms. The second-order valence-corrected chi connectivity index (χ2v) is 4.10. The fourth-order valence-corrected chi connectivity index (χ4v) is 1.62. The minimum Gasteiger partial charge on any atom is -0.480 e. The summed E-state index contributed by atoms with van der Waals surface area (Å²) < 4.78 is 1.88. The maximum atomic E-state index is 11.2. The molecule has 0 amide bonds. The average Bonchev–Trinajstić information content (AvgIpc) is 2.62. The lowest BCUT2D eigenvalue weighted by Crippen LogP contribution is -2.35. The molecule has 90 valence electrons. The molecule has 1 unspecified atom stereocenters. The molecule has 0 aliphatic heterocycles. The Morgan fingerprint density at radius 2 is 2.31 bits per heavy atom. The quantitative estimate of drug-likeness (QED) is 0.768. The summed E-state index contributed by atoms with van der Waals surface area (Å²) in [5.74, 6) is -0.869. The molecule has 0 aromatic carbocycles. The molecule has 0 bridgehead atoms. The van der Waals surface area contributed by atoms with E-state index in [0.717, 1.165) is 13.0 Å². The monoisotopic (exact) mass is 225 g/mol. The van der Waals surface area contributed by atoms with Crippen LogP contribution in [0.15, 0.2) is 12.5 Å². The van der Waals surface area contributed by atoms with Crippen LogP contribution < -0.4 is 5.32 Å². The van der Waals surface area contributed by atoms with Gasteiger partial charge in [0.05, 0.1) is 18.2 Å². The number of rotatable bonds is 6. The summed E-state index contributed by atoms with van der Waals surface area (Å²) in [5.41, 5.74) is 0.711. The smallest absolute Gasteiger partial charge is 0.326 e. The van der Waals surface area contributed by atoms with Crippen molar-refractivity contribution in [1.82, 2.24) is 14.9 Å². The van der Waals surface area contributed by atoms with Crippen molar-refractivity contribution in [2.45, 2.75) is 45.8 Å². The van der Waals surface area contributed by atoms with Crippen LogP contribution in [0, 0.1) is 0 Å². The molecule has 0 aliphatic rings. The number of nitrogens with one attached hydrogen (secondary N) is 1. The Bertz CT molecular complexity index is 347. The summed E-state index contributed by atoms with van der Waals surface area (Å²) >= 11 is 0. The van der Waals surface area contributed by atoms with Gasteiger partial charge < -0.3 is 9.67 Å². The van der Waals surface area contributed by atoms with E-state index in [-0.39, 0.29) is 6.04 Å². The predicted octanol–water partition coefficient (Wildman–Crippen LogP) is 1.42. The number of aromatic nitrogens is 2. The Kier molecular flexibility index (Phi) is 4.49. The topological polar surface area (TPSA) is 67.2 Å². The van der Waals surface area contributed by atoms with Crippen molar-refractivity contribution in [3.63, 3.8) is 0 Å². The van der Waals surface area contributed by atoms with Crippen LogP contribution in [0.3, 0.4) is 0 Å². The standard InChI is InChI=1S/C11H19N3O2/c1-4-5-14-7-12-6-9(14)10(11(15)16)13-8(2)3/h6-8,10,13H,4-5H2,1-3H3,(H,15,16). The SMILES string of the molecule is CCCn1cncc1C(NC(C)C)C(=O)O. The number of aryl methyl sites for hydroxylation is 1. The van der Waals surface area contributed by atoms with E-state index in [9.17, 15) is 9.90 Å². The Hall–Kier alpha value is -1.36. The molecule has 1 atom stereocenters. The van der Waals surface area contributed by atoms with Gasteiger partial charge >= 0.3 is 5.97 Å². The molecule has 1 aromatic heterocycles. The van der Waals surface area contributed by atoms with Gasteiger partial charge in [-0.25, -0.2) is 4.98 Å². The highest BCUT2D eigenvalue weighted by molar-refractivity contribution is 5.74. The Labute approximate surface area is 95.5 Å². The van der Waals surface area contributed by atoms with E-state index in [1.807, 2.05) is 18.4 Å². The van der Waals surface area contributed by atoms with Gasteiger partial charge in [-0.3, -0.25) is 10.1 Å². The molecule has 0 radical (unpaired) electrons.